The molecular weight excluding hydrogens is 350 g/mol. The Hall–Kier alpha value is -1.37. The topological polar surface area (TPSA) is 26.8 Å². The Balaban J connectivity index is 1.56. The Kier molecular flexibility index (Phi) is 6.15. The van der Waals surface area contributed by atoms with E-state index in [2.05, 4.69) is 54.0 Å². The molecule has 0 aromatic heterocycles. The molecule has 2 heterocycles. The maximum atomic E-state index is 12.6. The fourth-order valence-corrected chi connectivity index (χ4v) is 4.56. The van der Waals surface area contributed by atoms with Gasteiger partial charge in [-0.05, 0) is 18.9 Å². The lowest BCUT2D eigenvalue weighted by atomic mass is 10.2. The molecule has 2 fully saturated rings. The molecule has 2 aliphatic heterocycles. The zero-order chi connectivity index (χ0) is 17.8. The SMILES string of the molecule is CCC(C)N1C(=O)/C(=C/N2CCN(Cc3ccccc3)CC2)SC1=S. The predicted molar refractivity (Wildman–Crippen MR) is 108 cm³/mol. The van der Waals surface area contributed by atoms with Crippen molar-refractivity contribution in [3.8, 4) is 0 Å². The van der Waals surface area contributed by atoms with Crippen molar-refractivity contribution in [1.29, 1.82) is 0 Å². The Morgan fingerprint density at radius 2 is 1.88 bits per heavy atom. The van der Waals surface area contributed by atoms with E-state index in [0.29, 0.717) is 4.32 Å². The van der Waals surface area contributed by atoms with Gasteiger partial charge in [0.05, 0.1) is 4.91 Å². The van der Waals surface area contributed by atoms with Gasteiger partial charge < -0.3 is 4.90 Å². The molecule has 0 aliphatic carbocycles. The fraction of sp³-hybridized carbons (Fsp3) is 0.474. The highest BCUT2D eigenvalue weighted by Gasteiger charge is 2.35. The number of thioether (sulfide) groups is 1. The molecule has 2 saturated heterocycles. The number of rotatable bonds is 5. The summed E-state index contributed by atoms with van der Waals surface area (Å²) in [5, 5.41) is 0. The van der Waals surface area contributed by atoms with Crippen LogP contribution in [0.2, 0.25) is 0 Å². The molecule has 1 aromatic carbocycles. The van der Waals surface area contributed by atoms with Crippen molar-refractivity contribution in [2.45, 2.75) is 32.9 Å². The van der Waals surface area contributed by atoms with Gasteiger partial charge in [0, 0.05) is 45.0 Å². The fourth-order valence-electron chi connectivity index (χ4n) is 3.09. The van der Waals surface area contributed by atoms with E-state index in [1.807, 2.05) is 6.20 Å². The van der Waals surface area contributed by atoms with Gasteiger partial charge in [-0.25, -0.2) is 0 Å². The smallest absolute Gasteiger partial charge is 0.267 e. The van der Waals surface area contributed by atoms with E-state index in [1.54, 1.807) is 4.90 Å². The lowest BCUT2D eigenvalue weighted by Gasteiger charge is -2.34. The van der Waals surface area contributed by atoms with E-state index >= 15 is 0 Å². The summed E-state index contributed by atoms with van der Waals surface area (Å²) in [5.41, 5.74) is 1.35. The van der Waals surface area contributed by atoms with Crippen LogP contribution in [0.5, 0.6) is 0 Å². The molecule has 3 rings (SSSR count). The molecule has 0 saturated carbocycles. The second-order valence-electron chi connectivity index (χ2n) is 6.59. The first-order chi connectivity index (χ1) is 12.1. The summed E-state index contributed by atoms with van der Waals surface area (Å²) in [7, 11) is 0. The van der Waals surface area contributed by atoms with Gasteiger partial charge >= 0.3 is 0 Å². The molecule has 2 aliphatic rings. The van der Waals surface area contributed by atoms with Crippen LogP contribution in [-0.2, 0) is 11.3 Å². The molecule has 134 valence electrons. The molecule has 0 N–H and O–H groups in total. The summed E-state index contributed by atoms with van der Waals surface area (Å²) >= 11 is 6.83. The van der Waals surface area contributed by atoms with Crippen molar-refractivity contribution in [2.75, 3.05) is 26.2 Å². The maximum absolute atomic E-state index is 12.6. The van der Waals surface area contributed by atoms with Crippen molar-refractivity contribution < 1.29 is 4.79 Å². The molecule has 1 aromatic rings. The van der Waals surface area contributed by atoms with Gasteiger partial charge in [-0.1, -0.05) is 61.2 Å². The summed E-state index contributed by atoms with van der Waals surface area (Å²) in [6.45, 7) is 9.04. The highest BCUT2D eigenvalue weighted by molar-refractivity contribution is 8.26. The zero-order valence-corrected chi connectivity index (χ0v) is 16.5. The second-order valence-corrected chi connectivity index (χ2v) is 8.27. The lowest BCUT2D eigenvalue weighted by molar-refractivity contribution is -0.123. The van der Waals surface area contributed by atoms with Gasteiger partial charge in [0.15, 0.2) is 0 Å². The molecule has 1 amide bonds. The number of carbonyl (C=O) groups is 1. The number of nitrogens with zero attached hydrogens (tertiary/aromatic N) is 3. The monoisotopic (exact) mass is 375 g/mol. The highest BCUT2D eigenvalue weighted by Crippen LogP contribution is 2.33. The van der Waals surface area contributed by atoms with Crippen molar-refractivity contribution >= 4 is 34.2 Å². The quantitative estimate of drug-likeness (QED) is 0.581. The first-order valence-electron chi connectivity index (χ1n) is 8.86. The molecule has 25 heavy (non-hydrogen) atoms. The third kappa shape index (κ3) is 4.43. The Labute approximate surface area is 159 Å². The van der Waals surface area contributed by atoms with Gasteiger partial charge in [0.2, 0.25) is 0 Å². The summed E-state index contributed by atoms with van der Waals surface area (Å²) in [6, 6.07) is 10.7. The van der Waals surface area contributed by atoms with Crippen LogP contribution in [0.3, 0.4) is 0 Å². The number of amides is 1. The largest absolute Gasteiger partial charge is 0.374 e. The number of hydrogen-bond acceptors (Lipinski definition) is 5. The lowest BCUT2D eigenvalue weighted by Crippen LogP contribution is -2.43. The van der Waals surface area contributed by atoms with Crippen LogP contribution < -0.4 is 0 Å². The molecule has 4 nitrogen and oxygen atoms in total. The number of benzene rings is 1. The van der Waals surface area contributed by atoms with Crippen LogP contribution in [0.1, 0.15) is 25.8 Å². The molecule has 0 bridgehead atoms. The van der Waals surface area contributed by atoms with Crippen molar-refractivity contribution in [1.82, 2.24) is 14.7 Å². The van der Waals surface area contributed by atoms with Gasteiger partial charge in [-0.15, -0.1) is 0 Å². The minimum absolute atomic E-state index is 0.0658. The van der Waals surface area contributed by atoms with E-state index in [0.717, 1.165) is 44.0 Å². The van der Waals surface area contributed by atoms with E-state index in [9.17, 15) is 4.79 Å². The summed E-state index contributed by atoms with van der Waals surface area (Å²) in [6.07, 6.45) is 2.93. The molecule has 0 spiro atoms. The van der Waals surface area contributed by atoms with Crippen LogP contribution >= 0.6 is 24.0 Å². The van der Waals surface area contributed by atoms with Gasteiger partial charge in [0.1, 0.15) is 4.32 Å². The minimum Gasteiger partial charge on any atom is -0.374 e. The van der Waals surface area contributed by atoms with E-state index < -0.39 is 0 Å². The van der Waals surface area contributed by atoms with Crippen molar-refractivity contribution in [3.63, 3.8) is 0 Å². The van der Waals surface area contributed by atoms with Crippen LogP contribution in [0.4, 0.5) is 0 Å². The Morgan fingerprint density at radius 3 is 2.52 bits per heavy atom. The van der Waals surface area contributed by atoms with Crippen LogP contribution in [0.25, 0.3) is 0 Å². The van der Waals surface area contributed by atoms with E-state index in [1.165, 1.54) is 17.3 Å². The van der Waals surface area contributed by atoms with E-state index in [-0.39, 0.29) is 11.9 Å². The Morgan fingerprint density at radius 1 is 1.20 bits per heavy atom. The molecule has 1 unspecified atom stereocenters. The number of hydrogen-bond donors (Lipinski definition) is 0. The van der Waals surface area contributed by atoms with Crippen LogP contribution in [-0.4, -0.2) is 57.1 Å². The third-order valence-electron chi connectivity index (χ3n) is 4.81. The van der Waals surface area contributed by atoms with Crippen LogP contribution in [0.15, 0.2) is 41.4 Å². The molecule has 1 atom stereocenters. The second kappa shape index (κ2) is 8.34. The average molecular weight is 376 g/mol. The van der Waals surface area contributed by atoms with Gasteiger partial charge in [-0.2, -0.15) is 0 Å². The number of carbonyl (C=O) groups excluding carboxylic acids is 1. The maximum Gasteiger partial charge on any atom is 0.267 e. The first-order valence-corrected chi connectivity index (χ1v) is 10.1. The first kappa shape index (κ1) is 18.4. The van der Waals surface area contributed by atoms with E-state index in [4.69, 9.17) is 12.2 Å². The Bertz CT molecular complexity index is 654. The predicted octanol–water partition coefficient (Wildman–Crippen LogP) is 3.30. The standard InChI is InChI=1S/C19H25N3OS2/c1-3-15(2)22-18(23)17(25-19(22)24)14-21-11-9-20(10-12-21)13-16-7-5-4-6-8-16/h4-8,14-15H,3,9-13H2,1-2H3/b17-14-. The average Bonchev–Trinajstić information content (AvgIpc) is 2.90. The number of piperazine rings is 1. The van der Waals surface area contributed by atoms with Crippen LogP contribution in [0, 0.1) is 0 Å². The van der Waals surface area contributed by atoms with Crippen molar-refractivity contribution in [3.05, 3.63) is 47.0 Å². The molecule has 0 radical (unpaired) electrons. The summed E-state index contributed by atoms with van der Waals surface area (Å²) in [5.74, 6) is 0.0658. The summed E-state index contributed by atoms with van der Waals surface area (Å²) < 4.78 is 0.688. The van der Waals surface area contributed by atoms with Crippen molar-refractivity contribution in [2.24, 2.45) is 0 Å². The van der Waals surface area contributed by atoms with Gasteiger partial charge in [-0.3, -0.25) is 14.6 Å². The third-order valence-corrected chi connectivity index (χ3v) is 6.13. The molecule has 6 heteroatoms. The minimum atomic E-state index is 0.0658. The normalized spacial score (nSPS) is 22.1. The molecular formula is C19H25N3OS2. The number of thiocarbonyl (C=S) groups is 1. The van der Waals surface area contributed by atoms with Gasteiger partial charge in [0.25, 0.3) is 5.91 Å². The summed E-state index contributed by atoms with van der Waals surface area (Å²) in [4.78, 5) is 19.9. The zero-order valence-electron chi connectivity index (χ0n) is 14.9. The highest BCUT2D eigenvalue weighted by atomic mass is 32.2.